The van der Waals surface area contributed by atoms with Gasteiger partial charge in [-0.05, 0) is 49.4 Å². The fourth-order valence-corrected chi connectivity index (χ4v) is 3.13. The van der Waals surface area contributed by atoms with E-state index in [0.717, 1.165) is 0 Å². The van der Waals surface area contributed by atoms with E-state index >= 15 is 0 Å². The average Bonchev–Trinajstić information content (AvgIpc) is 3.13. The molecule has 0 spiro atoms. The quantitative estimate of drug-likeness (QED) is 0.532. The normalized spacial score (nSPS) is 11.0. The number of anilines is 1. The lowest BCUT2D eigenvalue weighted by Crippen LogP contribution is -2.29. The number of esters is 1. The molecule has 3 aromatic heterocycles. The molecule has 1 aromatic carbocycles. The molecule has 1 N–H and O–H groups in total. The van der Waals surface area contributed by atoms with E-state index in [1.807, 2.05) is 0 Å². The standard InChI is InChI=1S/C20H17N5O4/c1-12-10-16-19(27)24(15-4-3-9-21-18(15)25(16)23-12)11-17(26)22-14-7-5-13(6-8-14)20(28)29-2/h3-10H,11H2,1-2H3,(H,22,26). The molecule has 4 rings (SSSR count). The molecule has 0 fully saturated rings. The zero-order valence-corrected chi connectivity index (χ0v) is 15.7. The maximum atomic E-state index is 12.9. The summed E-state index contributed by atoms with van der Waals surface area (Å²) in [6, 6.07) is 11.4. The molecule has 0 saturated heterocycles. The maximum absolute atomic E-state index is 12.9. The first-order valence-electron chi connectivity index (χ1n) is 8.80. The lowest BCUT2D eigenvalue weighted by atomic mass is 10.2. The highest BCUT2D eigenvalue weighted by atomic mass is 16.5. The summed E-state index contributed by atoms with van der Waals surface area (Å²) in [6.07, 6.45) is 1.61. The first-order chi connectivity index (χ1) is 14.0. The summed E-state index contributed by atoms with van der Waals surface area (Å²) in [5.41, 5.74) is 2.57. The number of carbonyl (C=O) groups excluding carboxylic acids is 2. The van der Waals surface area contributed by atoms with E-state index in [-0.39, 0.29) is 18.0 Å². The predicted octanol–water partition coefficient (Wildman–Crippen LogP) is 1.78. The average molecular weight is 391 g/mol. The summed E-state index contributed by atoms with van der Waals surface area (Å²) in [4.78, 5) is 41.3. The molecule has 3 heterocycles. The van der Waals surface area contributed by atoms with Crippen LogP contribution in [0, 0.1) is 6.92 Å². The van der Waals surface area contributed by atoms with E-state index in [9.17, 15) is 14.4 Å². The Morgan fingerprint density at radius 3 is 2.62 bits per heavy atom. The van der Waals surface area contributed by atoms with Crippen molar-refractivity contribution in [1.82, 2.24) is 19.2 Å². The lowest BCUT2D eigenvalue weighted by molar-refractivity contribution is -0.116. The fraction of sp³-hybridized carbons (Fsp3) is 0.150. The molecule has 0 bridgehead atoms. The second-order valence-electron chi connectivity index (χ2n) is 6.44. The highest BCUT2D eigenvalue weighted by molar-refractivity contribution is 5.93. The minimum absolute atomic E-state index is 0.194. The van der Waals surface area contributed by atoms with Crippen molar-refractivity contribution < 1.29 is 14.3 Å². The SMILES string of the molecule is COC(=O)c1ccc(NC(=O)Cn2c(=O)c3cc(C)nn3c3ncccc32)cc1. The van der Waals surface area contributed by atoms with Gasteiger partial charge in [0.2, 0.25) is 5.91 Å². The minimum atomic E-state index is -0.460. The van der Waals surface area contributed by atoms with Crippen LogP contribution >= 0.6 is 0 Å². The number of hydrogen-bond acceptors (Lipinski definition) is 6. The van der Waals surface area contributed by atoms with Crippen molar-refractivity contribution in [2.45, 2.75) is 13.5 Å². The molecule has 0 unspecified atom stereocenters. The highest BCUT2D eigenvalue weighted by Crippen LogP contribution is 2.14. The Morgan fingerprint density at radius 2 is 1.90 bits per heavy atom. The summed E-state index contributed by atoms with van der Waals surface area (Å²) in [6.45, 7) is 1.59. The number of aryl methyl sites for hydroxylation is 1. The zero-order valence-electron chi connectivity index (χ0n) is 15.7. The summed E-state index contributed by atoms with van der Waals surface area (Å²) in [7, 11) is 1.30. The van der Waals surface area contributed by atoms with Gasteiger partial charge in [-0.1, -0.05) is 0 Å². The number of benzene rings is 1. The smallest absolute Gasteiger partial charge is 0.337 e. The van der Waals surface area contributed by atoms with Crippen LogP contribution in [0.5, 0.6) is 0 Å². The van der Waals surface area contributed by atoms with Gasteiger partial charge in [0.05, 0.1) is 23.9 Å². The number of carbonyl (C=O) groups is 2. The van der Waals surface area contributed by atoms with Crippen LogP contribution in [-0.4, -0.2) is 38.2 Å². The molecule has 0 aliphatic carbocycles. The summed E-state index contributed by atoms with van der Waals surface area (Å²) in [5.74, 6) is -0.846. The third-order valence-corrected chi connectivity index (χ3v) is 4.44. The number of amides is 1. The Hall–Kier alpha value is -4.01. The van der Waals surface area contributed by atoms with Crippen LogP contribution in [0.2, 0.25) is 0 Å². The van der Waals surface area contributed by atoms with Gasteiger partial charge in [0, 0.05) is 11.9 Å². The van der Waals surface area contributed by atoms with Gasteiger partial charge >= 0.3 is 5.97 Å². The third kappa shape index (κ3) is 3.33. The van der Waals surface area contributed by atoms with E-state index in [1.54, 1.807) is 55.6 Å². The van der Waals surface area contributed by atoms with E-state index in [1.165, 1.54) is 16.2 Å². The Labute approximate surface area is 164 Å². The number of hydrogen-bond donors (Lipinski definition) is 1. The largest absolute Gasteiger partial charge is 0.465 e. The topological polar surface area (TPSA) is 108 Å². The molecular weight excluding hydrogens is 374 g/mol. The fourth-order valence-electron chi connectivity index (χ4n) is 3.13. The van der Waals surface area contributed by atoms with Crippen LogP contribution in [0.25, 0.3) is 16.7 Å². The van der Waals surface area contributed by atoms with Crippen molar-refractivity contribution in [1.29, 1.82) is 0 Å². The third-order valence-electron chi connectivity index (χ3n) is 4.44. The van der Waals surface area contributed by atoms with Crippen LogP contribution in [0.3, 0.4) is 0 Å². The van der Waals surface area contributed by atoms with Crippen LogP contribution in [0.4, 0.5) is 5.69 Å². The first-order valence-corrected chi connectivity index (χ1v) is 8.80. The second kappa shape index (κ2) is 7.19. The lowest BCUT2D eigenvalue weighted by Gasteiger charge is -2.11. The summed E-state index contributed by atoms with van der Waals surface area (Å²) >= 11 is 0. The predicted molar refractivity (Wildman–Crippen MR) is 106 cm³/mol. The van der Waals surface area contributed by atoms with Crippen molar-refractivity contribution in [3.63, 3.8) is 0 Å². The summed E-state index contributed by atoms with van der Waals surface area (Å²) in [5, 5.41) is 7.05. The Bertz CT molecular complexity index is 1300. The number of methoxy groups -OCH3 is 1. The molecule has 4 aromatic rings. The molecule has 0 atom stereocenters. The molecular formula is C20H17N5O4. The van der Waals surface area contributed by atoms with Gasteiger partial charge < -0.3 is 10.1 Å². The number of nitrogens with one attached hydrogen (secondary N) is 1. The number of aromatic nitrogens is 4. The molecule has 9 heteroatoms. The van der Waals surface area contributed by atoms with E-state index in [2.05, 4.69) is 20.1 Å². The van der Waals surface area contributed by atoms with E-state index in [4.69, 9.17) is 0 Å². The van der Waals surface area contributed by atoms with Crippen molar-refractivity contribution in [2.24, 2.45) is 0 Å². The second-order valence-corrected chi connectivity index (χ2v) is 6.44. The first kappa shape index (κ1) is 18.4. The molecule has 0 radical (unpaired) electrons. The van der Waals surface area contributed by atoms with E-state index in [0.29, 0.717) is 33.6 Å². The number of ether oxygens (including phenoxy) is 1. The van der Waals surface area contributed by atoms with Gasteiger partial charge in [0.1, 0.15) is 12.1 Å². The number of fused-ring (bicyclic) bond motifs is 3. The maximum Gasteiger partial charge on any atom is 0.337 e. The van der Waals surface area contributed by atoms with Gasteiger partial charge in [-0.2, -0.15) is 5.10 Å². The van der Waals surface area contributed by atoms with Crippen LogP contribution in [0.1, 0.15) is 16.1 Å². The monoisotopic (exact) mass is 391 g/mol. The van der Waals surface area contributed by atoms with Gasteiger partial charge in [0.15, 0.2) is 5.65 Å². The molecule has 0 aliphatic rings. The van der Waals surface area contributed by atoms with Crippen molar-refractivity contribution in [3.8, 4) is 0 Å². The molecule has 146 valence electrons. The van der Waals surface area contributed by atoms with Gasteiger partial charge in [0.25, 0.3) is 5.56 Å². The number of rotatable bonds is 4. The van der Waals surface area contributed by atoms with Crippen LogP contribution in [-0.2, 0) is 16.1 Å². The van der Waals surface area contributed by atoms with Gasteiger partial charge in [-0.15, -0.1) is 0 Å². The zero-order chi connectivity index (χ0) is 20.5. The molecule has 0 aliphatic heterocycles. The molecule has 29 heavy (non-hydrogen) atoms. The van der Waals surface area contributed by atoms with Crippen LogP contribution in [0.15, 0.2) is 53.5 Å². The number of nitrogens with zero attached hydrogens (tertiary/aromatic N) is 4. The Morgan fingerprint density at radius 1 is 1.14 bits per heavy atom. The Kier molecular flexibility index (Phi) is 4.55. The molecule has 1 amide bonds. The van der Waals surface area contributed by atoms with Crippen molar-refractivity contribution in [2.75, 3.05) is 12.4 Å². The van der Waals surface area contributed by atoms with Crippen molar-refractivity contribution >= 4 is 34.2 Å². The van der Waals surface area contributed by atoms with Crippen LogP contribution < -0.4 is 10.9 Å². The summed E-state index contributed by atoms with van der Waals surface area (Å²) < 4.78 is 7.51. The molecule has 0 saturated carbocycles. The minimum Gasteiger partial charge on any atom is -0.465 e. The van der Waals surface area contributed by atoms with Gasteiger partial charge in [-0.25, -0.2) is 14.3 Å². The Balaban J connectivity index is 1.66. The van der Waals surface area contributed by atoms with E-state index < -0.39 is 5.97 Å². The van der Waals surface area contributed by atoms with Crippen molar-refractivity contribution in [3.05, 3.63) is 70.3 Å². The van der Waals surface area contributed by atoms with Gasteiger partial charge in [-0.3, -0.25) is 14.2 Å². The highest BCUT2D eigenvalue weighted by Gasteiger charge is 2.16. The number of pyridine rings is 1. The molecule has 9 nitrogen and oxygen atoms in total.